The Morgan fingerprint density at radius 1 is 1.12 bits per heavy atom. The van der Waals surface area contributed by atoms with Crippen LogP contribution < -0.4 is 15.0 Å². The molecule has 8 nitrogen and oxygen atoms in total. The highest BCUT2D eigenvalue weighted by molar-refractivity contribution is 6.40. The highest BCUT2D eigenvalue weighted by Crippen LogP contribution is 2.35. The van der Waals surface area contributed by atoms with Gasteiger partial charge in [0.25, 0.3) is 11.8 Å². The van der Waals surface area contributed by atoms with Crippen molar-refractivity contribution < 1.29 is 33.0 Å². The third kappa shape index (κ3) is 5.06. The summed E-state index contributed by atoms with van der Waals surface area (Å²) in [5.41, 5.74) is -0.0391. The summed E-state index contributed by atoms with van der Waals surface area (Å²) in [4.78, 5) is 49.5. The second-order valence-corrected chi connectivity index (χ2v) is 7.16. The number of anilines is 1. The number of hydrogen-bond acceptors (Lipinski definition) is 6. The first-order valence-corrected chi connectivity index (χ1v) is 9.91. The van der Waals surface area contributed by atoms with E-state index in [9.17, 15) is 23.6 Å². The van der Waals surface area contributed by atoms with E-state index in [4.69, 9.17) is 32.7 Å². The number of amides is 4. The molecule has 0 aliphatic carbocycles. The maximum absolute atomic E-state index is 13.2. The number of carbonyl (C=O) groups excluding carboxylic acids is 4. The quantitative estimate of drug-likeness (QED) is 0.383. The first-order chi connectivity index (χ1) is 15.2. The number of carbonyl (C=O) groups is 4. The number of nitrogens with one attached hydrogen (secondary N) is 1. The molecule has 0 atom stereocenters. The summed E-state index contributed by atoms with van der Waals surface area (Å²) < 4.78 is 23.2. The molecule has 1 fully saturated rings. The van der Waals surface area contributed by atoms with E-state index in [2.05, 4.69) is 5.32 Å². The predicted octanol–water partition coefficient (Wildman–Crippen LogP) is 3.74. The largest absolute Gasteiger partial charge is 0.479 e. The van der Waals surface area contributed by atoms with Crippen LogP contribution in [0.2, 0.25) is 10.0 Å². The molecule has 0 radical (unpaired) electrons. The van der Waals surface area contributed by atoms with Crippen molar-refractivity contribution >= 4 is 58.8 Å². The molecule has 166 valence electrons. The number of hydrogen-bond donors (Lipinski definition) is 1. The topological polar surface area (TPSA) is 102 Å². The Labute approximate surface area is 191 Å². The van der Waals surface area contributed by atoms with E-state index < -0.39 is 36.2 Å². The second-order valence-electron chi connectivity index (χ2n) is 6.34. The van der Waals surface area contributed by atoms with Crippen LogP contribution in [0.5, 0.6) is 5.75 Å². The highest BCUT2D eigenvalue weighted by Gasteiger charge is 2.36. The molecule has 0 unspecified atom stereocenters. The average molecular weight is 481 g/mol. The number of ether oxygens (including phenoxy) is 2. The van der Waals surface area contributed by atoms with E-state index in [1.165, 1.54) is 30.3 Å². The second kappa shape index (κ2) is 9.80. The van der Waals surface area contributed by atoms with Gasteiger partial charge in [-0.1, -0.05) is 23.2 Å². The molecule has 1 aliphatic rings. The number of rotatable bonds is 6. The van der Waals surface area contributed by atoms with Gasteiger partial charge in [0.15, 0.2) is 12.4 Å². The average Bonchev–Trinajstić information content (AvgIpc) is 2.72. The minimum absolute atomic E-state index is 0.0174. The van der Waals surface area contributed by atoms with Crippen molar-refractivity contribution in [3.8, 4) is 5.75 Å². The number of esters is 1. The van der Waals surface area contributed by atoms with Gasteiger partial charge in [0, 0.05) is 0 Å². The van der Waals surface area contributed by atoms with Crippen LogP contribution in [0.25, 0.3) is 6.08 Å². The lowest BCUT2D eigenvalue weighted by molar-refractivity contribution is -0.145. The van der Waals surface area contributed by atoms with Gasteiger partial charge >= 0.3 is 12.0 Å². The van der Waals surface area contributed by atoms with Crippen LogP contribution in [0.3, 0.4) is 0 Å². The van der Waals surface area contributed by atoms with Crippen LogP contribution in [0.4, 0.5) is 14.9 Å². The van der Waals surface area contributed by atoms with Gasteiger partial charge in [0.2, 0.25) is 0 Å². The highest BCUT2D eigenvalue weighted by atomic mass is 35.5. The molecule has 0 spiro atoms. The van der Waals surface area contributed by atoms with E-state index in [1.54, 1.807) is 6.92 Å². The van der Waals surface area contributed by atoms with Crippen molar-refractivity contribution in [1.29, 1.82) is 0 Å². The van der Waals surface area contributed by atoms with E-state index in [0.717, 1.165) is 12.1 Å². The predicted molar refractivity (Wildman–Crippen MR) is 114 cm³/mol. The van der Waals surface area contributed by atoms with Gasteiger partial charge < -0.3 is 9.47 Å². The lowest BCUT2D eigenvalue weighted by Crippen LogP contribution is -2.54. The van der Waals surface area contributed by atoms with Crippen LogP contribution in [-0.2, 0) is 19.1 Å². The lowest BCUT2D eigenvalue weighted by atomic mass is 10.1. The fourth-order valence-electron chi connectivity index (χ4n) is 2.78. The zero-order chi connectivity index (χ0) is 23.4. The van der Waals surface area contributed by atoms with Gasteiger partial charge in [0.1, 0.15) is 11.4 Å². The molecular weight excluding hydrogens is 466 g/mol. The molecule has 1 aliphatic heterocycles. The van der Waals surface area contributed by atoms with Gasteiger partial charge in [-0.15, -0.1) is 0 Å². The third-order valence-electron chi connectivity index (χ3n) is 4.16. The van der Waals surface area contributed by atoms with Crippen molar-refractivity contribution in [3.05, 3.63) is 63.4 Å². The standard InChI is InChI=1S/C21H15Cl2FN2O6/c1-2-31-17(27)10-32-18-15(22)8-11(9-16(18)23)7-14-19(28)25-21(30)26(20(14)29)13-5-3-12(24)4-6-13/h3-9H,2,10H2,1H3,(H,25,28,30). The first-order valence-electron chi connectivity index (χ1n) is 9.15. The summed E-state index contributed by atoms with van der Waals surface area (Å²) in [6.45, 7) is 1.42. The Kier molecular flexibility index (Phi) is 7.12. The van der Waals surface area contributed by atoms with Gasteiger partial charge in [-0.25, -0.2) is 18.9 Å². The molecule has 0 aromatic heterocycles. The molecule has 1 heterocycles. The smallest absolute Gasteiger partial charge is 0.344 e. The molecule has 2 aromatic rings. The van der Waals surface area contributed by atoms with Gasteiger partial charge in [-0.2, -0.15) is 0 Å². The number of halogens is 3. The van der Waals surface area contributed by atoms with Crippen LogP contribution in [-0.4, -0.2) is 37.0 Å². The molecule has 2 aromatic carbocycles. The zero-order valence-corrected chi connectivity index (χ0v) is 18.0. The summed E-state index contributed by atoms with van der Waals surface area (Å²) in [6.07, 6.45) is 1.19. The zero-order valence-electron chi connectivity index (χ0n) is 16.5. The Morgan fingerprint density at radius 2 is 1.75 bits per heavy atom. The maximum Gasteiger partial charge on any atom is 0.344 e. The summed E-state index contributed by atoms with van der Waals surface area (Å²) in [6, 6.07) is 6.35. The monoisotopic (exact) mass is 480 g/mol. The Hall–Kier alpha value is -3.43. The van der Waals surface area contributed by atoms with Crippen molar-refractivity contribution in [1.82, 2.24) is 5.32 Å². The van der Waals surface area contributed by atoms with Crippen molar-refractivity contribution in [3.63, 3.8) is 0 Å². The van der Waals surface area contributed by atoms with Gasteiger partial charge in [-0.05, 0) is 55.0 Å². The lowest BCUT2D eigenvalue weighted by Gasteiger charge is -2.26. The summed E-state index contributed by atoms with van der Waals surface area (Å²) in [7, 11) is 0. The number of nitrogens with zero attached hydrogens (tertiary/aromatic N) is 1. The van der Waals surface area contributed by atoms with Crippen molar-refractivity contribution in [2.24, 2.45) is 0 Å². The summed E-state index contributed by atoms with van der Waals surface area (Å²) in [5, 5.41) is 2.09. The number of barbiturate groups is 1. The molecule has 32 heavy (non-hydrogen) atoms. The molecule has 3 rings (SSSR count). The number of imide groups is 2. The van der Waals surface area contributed by atoms with E-state index >= 15 is 0 Å². The van der Waals surface area contributed by atoms with Crippen LogP contribution in [0.1, 0.15) is 12.5 Å². The summed E-state index contributed by atoms with van der Waals surface area (Å²) in [5.74, 6) is -2.99. The Balaban J connectivity index is 1.89. The van der Waals surface area contributed by atoms with Gasteiger partial charge in [0.05, 0.1) is 22.3 Å². The van der Waals surface area contributed by atoms with Crippen LogP contribution in [0.15, 0.2) is 42.0 Å². The maximum atomic E-state index is 13.2. The minimum atomic E-state index is -0.970. The molecule has 0 saturated carbocycles. The van der Waals surface area contributed by atoms with E-state index in [-0.39, 0.29) is 39.2 Å². The normalized spacial score (nSPS) is 15.1. The molecule has 4 amide bonds. The molecule has 1 N–H and O–H groups in total. The van der Waals surface area contributed by atoms with Crippen LogP contribution >= 0.6 is 23.2 Å². The number of benzene rings is 2. The summed E-state index contributed by atoms with van der Waals surface area (Å²) >= 11 is 12.3. The molecule has 1 saturated heterocycles. The molecular formula is C21H15Cl2FN2O6. The van der Waals surface area contributed by atoms with Crippen molar-refractivity contribution in [2.45, 2.75) is 6.92 Å². The molecule has 0 bridgehead atoms. The SMILES string of the molecule is CCOC(=O)COc1c(Cl)cc(C=C2C(=O)NC(=O)N(c3ccc(F)cc3)C2=O)cc1Cl. The first kappa shape index (κ1) is 23.2. The Morgan fingerprint density at radius 3 is 2.34 bits per heavy atom. The number of urea groups is 1. The Bertz CT molecular complexity index is 1110. The minimum Gasteiger partial charge on any atom is -0.479 e. The fourth-order valence-corrected chi connectivity index (χ4v) is 3.40. The van der Waals surface area contributed by atoms with E-state index in [1.807, 2.05) is 0 Å². The third-order valence-corrected chi connectivity index (χ3v) is 4.72. The van der Waals surface area contributed by atoms with Crippen molar-refractivity contribution in [2.75, 3.05) is 18.1 Å². The molecule has 11 heteroatoms. The fraction of sp³-hybridized carbons (Fsp3) is 0.143. The van der Waals surface area contributed by atoms with E-state index in [0.29, 0.717) is 4.90 Å². The van der Waals surface area contributed by atoms with Gasteiger partial charge in [-0.3, -0.25) is 14.9 Å². The van der Waals surface area contributed by atoms with Crippen LogP contribution in [0, 0.1) is 5.82 Å².